The summed E-state index contributed by atoms with van der Waals surface area (Å²) in [6.45, 7) is 8.55. The first-order chi connectivity index (χ1) is 12.3. The van der Waals surface area contributed by atoms with Crippen molar-refractivity contribution in [2.24, 2.45) is 11.8 Å². The molecule has 0 spiro atoms. The molecule has 1 N–H and O–H groups in total. The molecule has 26 heavy (non-hydrogen) atoms. The van der Waals surface area contributed by atoms with Crippen molar-refractivity contribution in [3.63, 3.8) is 0 Å². The summed E-state index contributed by atoms with van der Waals surface area (Å²) in [5.41, 5.74) is -0.0333. The number of amides is 1. The average molecular weight is 394 g/mol. The molecule has 0 aromatic carbocycles. The first-order valence-corrected chi connectivity index (χ1v) is 11.0. The van der Waals surface area contributed by atoms with E-state index in [0.717, 1.165) is 35.1 Å². The molecule has 2 aromatic heterocycles. The molecular weight excluding hydrogens is 366 g/mol. The van der Waals surface area contributed by atoms with Gasteiger partial charge >= 0.3 is 0 Å². The number of nitrogens with zero attached hydrogens (tertiary/aromatic N) is 2. The van der Waals surface area contributed by atoms with Crippen LogP contribution in [-0.4, -0.2) is 15.9 Å². The van der Waals surface area contributed by atoms with Gasteiger partial charge in [-0.3, -0.25) is 4.79 Å². The van der Waals surface area contributed by atoms with E-state index in [0.29, 0.717) is 16.8 Å². The van der Waals surface area contributed by atoms with Crippen molar-refractivity contribution in [2.75, 3.05) is 5.32 Å². The number of hydrogen-bond donors (Lipinski definition) is 1. The van der Waals surface area contributed by atoms with Gasteiger partial charge in [-0.1, -0.05) is 51.9 Å². The van der Waals surface area contributed by atoms with E-state index in [1.54, 1.807) is 18.0 Å². The maximum atomic E-state index is 12.4. The van der Waals surface area contributed by atoms with Gasteiger partial charge in [0.05, 0.1) is 22.4 Å². The lowest BCUT2D eigenvalue weighted by molar-refractivity contribution is -0.121. The van der Waals surface area contributed by atoms with Crippen LogP contribution in [0.1, 0.15) is 65.0 Å². The van der Waals surface area contributed by atoms with E-state index >= 15 is 0 Å². The fourth-order valence-corrected chi connectivity index (χ4v) is 4.85. The molecule has 7 heteroatoms. The molecule has 1 aliphatic carbocycles. The van der Waals surface area contributed by atoms with Crippen molar-refractivity contribution in [1.82, 2.24) is 9.97 Å². The Morgan fingerprint density at radius 1 is 1.35 bits per heavy atom. The molecule has 1 aliphatic rings. The van der Waals surface area contributed by atoms with Crippen LogP contribution in [0.3, 0.4) is 0 Å². The smallest absolute Gasteiger partial charge is 0.229 e. The number of thioether (sulfide) groups is 1. The second-order valence-electron chi connectivity index (χ2n) is 8.10. The van der Waals surface area contributed by atoms with E-state index < -0.39 is 0 Å². The van der Waals surface area contributed by atoms with Crippen LogP contribution in [0.2, 0.25) is 0 Å². The highest BCUT2D eigenvalue weighted by atomic mass is 32.2. The highest BCUT2D eigenvalue weighted by Gasteiger charge is 2.25. The van der Waals surface area contributed by atoms with Crippen LogP contribution in [0.25, 0.3) is 0 Å². The molecule has 2 unspecified atom stereocenters. The minimum Gasteiger partial charge on any atom is -0.444 e. The summed E-state index contributed by atoms with van der Waals surface area (Å²) in [5.74, 6) is 3.15. The zero-order valence-corrected chi connectivity index (χ0v) is 17.5. The van der Waals surface area contributed by atoms with Crippen molar-refractivity contribution in [3.8, 4) is 0 Å². The van der Waals surface area contributed by atoms with Gasteiger partial charge in [0.2, 0.25) is 11.8 Å². The highest BCUT2D eigenvalue weighted by molar-refractivity contribution is 8.00. The summed E-state index contributed by atoms with van der Waals surface area (Å²) < 4.78 is 6.86. The molecule has 2 heterocycles. The number of thiazole rings is 1. The molecule has 3 rings (SSSR count). The van der Waals surface area contributed by atoms with Crippen molar-refractivity contribution < 1.29 is 9.21 Å². The van der Waals surface area contributed by atoms with E-state index in [1.165, 1.54) is 17.8 Å². The summed E-state index contributed by atoms with van der Waals surface area (Å²) >= 11 is 3.14. The van der Waals surface area contributed by atoms with Crippen LogP contribution in [0.5, 0.6) is 0 Å². The average Bonchev–Trinajstić information content (AvgIpc) is 3.21. The van der Waals surface area contributed by atoms with Crippen LogP contribution < -0.4 is 5.32 Å². The lowest BCUT2D eigenvalue weighted by atomic mass is 9.82. The van der Waals surface area contributed by atoms with E-state index in [-0.39, 0.29) is 17.2 Å². The summed E-state index contributed by atoms with van der Waals surface area (Å²) in [5, 5.41) is 3.67. The summed E-state index contributed by atoms with van der Waals surface area (Å²) in [7, 11) is 0. The van der Waals surface area contributed by atoms with Crippen molar-refractivity contribution >= 4 is 34.1 Å². The second-order valence-corrected chi connectivity index (χ2v) is 10.4. The van der Waals surface area contributed by atoms with Crippen LogP contribution in [0.4, 0.5) is 5.13 Å². The van der Waals surface area contributed by atoms with Gasteiger partial charge in [0.15, 0.2) is 5.13 Å². The number of oxazole rings is 1. The zero-order valence-electron chi connectivity index (χ0n) is 15.9. The number of nitrogens with one attached hydrogen (secondary N) is 1. The summed E-state index contributed by atoms with van der Waals surface area (Å²) in [6.07, 6.45) is 7.97. The molecule has 1 saturated carbocycles. The fourth-order valence-electron chi connectivity index (χ4n) is 3.12. The van der Waals surface area contributed by atoms with Gasteiger partial charge in [0.25, 0.3) is 0 Å². The Balaban J connectivity index is 1.51. The minimum absolute atomic E-state index is 0.0333. The molecule has 0 saturated heterocycles. The first kappa shape index (κ1) is 19.4. The molecule has 0 radical (unpaired) electrons. The molecular formula is C19H27N3O2S2. The molecule has 0 bridgehead atoms. The predicted octanol–water partition coefficient (Wildman–Crippen LogP) is 5.49. The SMILES string of the molecule is CC1CCCC(C(=O)Nc2ncc(SCc3ncc(C(C)(C)C)o3)s2)C1. The van der Waals surface area contributed by atoms with Gasteiger partial charge in [-0.05, 0) is 18.8 Å². The third-order valence-corrected chi connectivity index (χ3v) is 6.74. The maximum absolute atomic E-state index is 12.4. The zero-order chi connectivity index (χ0) is 18.7. The Kier molecular flexibility index (Phi) is 6.07. The third kappa shape index (κ3) is 5.10. The molecule has 1 amide bonds. The van der Waals surface area contributed by atoms with E-state index in [2.05, 4.69) is 43.0 Å². The number of carbonyl (C=O) groups excluding carboxylic acids is 1. The monoisotopic (exact) mass is 393 g/mol. The maximum Gasteiger partial charge on any atom is 0.229 e. The van der Waals surface area contributed by atoms with Gasteiger partial charge in [0, 0.05) is 11.3 Å². The van der Waals surface area contributed by atoms with Crippen molar-refractivity contribution in [2.45, 2.75) is 68.8 Å². The molecule has 142 valence electrons. The first-order valence-electron chi connectivity index (χ1n) is 9.16. The van der Waals surface area contributed by atoms with Crippen LogP contribution in [0.15, 0.2) is 21.0 Å². The molecule has 5 nitrogen and oxygen atoms in total. The molecule has 0 aliphatic heterocycles. The highest BCUT2D eigenvalue weighted by Crippen LogP contribution is 2.33. The fraction of sp³-hybridized carbons (Fsp3) is 0.632. The molecule has 2 atom stereocenters. The van der Waals surface area contributed by atoms with Gasteiger partial charge in [0.1, 0.15) is 5.76 Å². The van der Waals surface area contributed by atoms with Gasteiger partial charge in [-0.25, -0.2) is 9.97 Å². The molecule has 1 fully saturated rings. The largest absolute Gasteiger partial charge is 0.444 e. The Labute approximate surface area is 163 Å². The number of rotatable bonds is 5. The summed E-state index contributed by atoms with van der Waals surface area (Å²) in [6, 6.07) is 0. The number of aromatic nitrogens is 2. The Morgan fingerprint density at radius 3 is 2.85 bits per heavy atom. The van der Waals surface area contributed by atoms with Gasteiger partial charge in [-0.15, -0.1) is 11.8 Å². The normalized spacial score (nSPS) is 20.9. The lowest BCUT2D eigenvalue weighted by Crippen LogP contribution is -2.27. The number of anilines is 1. The quantitative estimate of drug-likeness (QED) is 0.681. The van der Waals surface area contributed by atoms with Gasteiger partial charge < -0.3 is 9.73 Å². The Morgan fingerprint density at radius 2 is 2.15 bits per heavy atom. The van der Waals surface area contributed by atoms with Crippen molar-refractivity contribution in [3.05, 3.63) is 24.0 Å². The standard InChI is InChI=1S/C19H27N3O2S2/c1-12-6-5-7-13(8-12)17(23)22-18-21-10-16(26-18)25-11-15-20-9-14(24-15)19(2,3)4/h9-10,12-13H,5-8,11H2,1-4H3,(H,21,22,23). The predicted molar refractivity (Wildman–Crippen MR) is 107 cm³/mol. The van der Waals surface area contributed by atoms with Crippen LogP contribution in [-0.2, 0) is 16.0 Å². The number of carbonyl (C=O) groups is 1. The van der Waals surface area contributed by atoms with Crippen LogP contribution >= 0.6 is 23.1 Å². The summed E-state index contributed by atoms with van der Waals surface area (Å²) in [4.78, 5) is 21.1. The Bertz CT molecular complexity index is 748. The van der Waals surface area contributed by atoms with E-state index in [4.69, 9.17) is 4.42 Å². The third-order valence-electron chi connectivity index (χ3n) is 4.65. The Hall–Kier alpha value is -1.34. The lowest BCUT2D eigenvalue weighted by Gasteiger charge is -2.25. The second kappa shape index (κ2) is 8.13. The van der Waals surface area contributed by atoms with Crippen molar-refractivity contribution in [1.29, 1.82) is 0 Å². The molecule has 2 aromatic rings. The van der Waals surface area contributed by atoms with E-state index in [9.17, 15) is 4.79 Å². The van der Waals surface area contributed by atoms with Crippen LogP contribution in [0, 0.1) is 11.8 Å². The van der Waals surface area contributed by atoms with Gasteiger partial charge in [-0.2, -0.15) is 0 Å². The number of hydrogen-bond acceptors (Lipinski definition) is 6. The topological polar surface area (TPSA) is 68.0 Å². The van der Waals surface area contributed by atoms with E-state index in [1.807, 2.05) is 6.20 Å². The minimum atomic E-state index is -0.0333.